The zero-order valence-corrected chi connectivity index (χ0v) is 23.7. The Labute approximate surface area is 230 Å². The van der Waals surface area contributed by atoms with Crippen molar-refractivity contribution in [2.24, 2.45) is 0 Å². The summed E-state index contributed by atoms with van der Waals surface area (Å²) >= 11 is 6.39. The maximum atomic E-state index is 13.9. The van der Waals surface area contributed by atoms with E-state index in [-0.39, 0.29) is 23.4 Å². The third-order valence-electron chi connectivity index (χ3n) is 6.37. The molecule has 38 heavy (non-hydrogen) atoms. The van der Waals surface area contributed by atoms with Crippen molar-refractivity contribution in [3.63, 3.8) is 0 Å². The van der Waals surface area contributed by atoms with E-state index in [9.17, 15) is 18.0 Å². The van der Waals surface area contributed by atoms with Crippen LogP contribution in [-0.2, 0) is 26.2 Å². The molecule has 0 aliphatic carbocycles. The standard InChI is InChI=1S/C29H34ClN3O4S/c1-5-22(3)31-29(35)23(4)32(19-24-13-9-10-17-27(24)30)28(34)20-33(25-14-11-12-21(2)18-25)38(36,37)26-15-7-6-8-16-26/h6-18,22-23H,5,19-20H2,1-4H3,(H,31,35). The van der Waals surface area contributed by atoms with E-state index in [1.165, 1.54) is 17.0 Å². The minimum atomic E-state index is -4.09. The minimum absolute atomic E-state index is 0.0423. The van der Waals surface area contributed by atoms with E-state index in [1.54, 1.807) is 67.6 Å². The zero-order valence-electron chi connectivity index (χ0n) is 22.1. The number of amides is 2. The fourth-order valence-electron chi connectivity index (χ4n) is 3.89. The number of sulfonamides is 1. The molecule has 2 atom stereocenters. The molecular formula is C29H34ClN3O4S. The van der Waals surface area contributed by atoms with E-state index < -0.39 is 28.5 Å². The van der Waals surface area contributed by atoms with Gasteiger partial charge in [-0.05, 0) is 68.7 Å². The summed E-state index contributed by atoms with van der Waals surface area (Å²) in [5.74, 6) is -0.856. The Kier molecular flexibility index (Phi) is 9.94. The number of carbonyl (C=O) groups is 2. The Hall–Kier alpha value is -3.36. The second kappa shape index (κ2) is 12.9. The Morgan fingerprint density at radius 3 is 2.24 bits per heavy atom. The highest BCUT2D eigenvalue weighted by molar-refractivity contribution is 7.92. The molecule has 9 heteroatoms. The van der Waals surface area contributed by atoms with E-state index in [0.29, 0.717) is 16.3 Å². The highest BCUT2D eigenvalue weighted by atomic mass is 35.5. The van der Waals surface area contributed by atoms with Gasteiger partial charge in [-0.1, -0.05) is 67.1 Å². The molecule has 0 heterocycles. The second-order valence-electron chi connectivity index (χ2n) is 9.27. The van der Waals surface area contributed by atoms with E-state index >= 15 is 0 Å². The number of nitrogens with one attached hydrogen (secondary N) is 1. The third-order valence-corrected chi connectivity index (χ3v) is 8.52. The molecule has 0 aliphatic rings. The van der Waals surface area contributed by atoms with Crippen LogP contribution in [0.3, 0.4) is 0 Å². The number of aryl methyl sites for hydroxylation is 1. The fraction of sp³-hybridized carbons (Fsp3) is 0.310. The summed E-state index contributed by atoms with van der Waals surface area (Å²) in [4.78, 5) is 28.4. The smallest absolute Gasteiger partial charge is 0.264 e. The van der Waals surface area contributed by atoms with Gasteiger partial charge in [0.15, 0.2) is 0 Å². The van der Waals surface area contributed by atoms with Gasteiger partial charge in [0.1, 0.15) is 12.6 Å². The van der Waals surface area contributed by atoms with Gasteiger partial charge in [-0.2, -0.15) is 0 Å². The quantitative estimate of drug-likeness (QED) is 0.353. The summed E-state index contributed by atoms with van der Waals surface area (Å²) in [6, 6.07) is 21.1. The van der Waals surface area contributed by atoms with Crippen molar-refractivity contribution in [2.45, 2.75) is 57.6 Å². The largest absolute Gasteiger partial charge is 0.352 e. The Bertz CT molecular complexity index is 1370. The molecule has 0 aromatic heterocycles. The molecule has 2 amide bonds. The molecular weight excluding hydrogens is 522 g/mol. The van der Waals surface area contributed by atoms with Crippen LogP contribution in [0.15, 0.2) is 83.8 Å². The highest BCUT2D eigenvalue weighted by Gasteiger charge is 2.33. The van der Waals surface area contributed by atoms with Crippen LogP contribution >= 0.6 is 11.6 Å². The van der Waals surface area contributed by atoms with Crippen molar-refractivity contribution in [1.29, 1.82) is 0 Å². The predicted octanol–water partition coefficient (Wildman–Crippen LogP) is 5.18. The SMILES string of the molecule is CCC(C)NC(=O)C(C)N(Cc1ccccc1Cl)C(=O)CN(c1cccc(C)c1)S(=O)(=O)c1ccccc1. The molecule has 202 valence electrons. The number of halogens is 1. The fourth-order valence-corrected chi connectivity index (χ4v) is 5.51. The van der Waals surface area contributed by atoms with Gasteiger partial charge in [-0.3, -0.25) is 13.9 Å². The van der Waals surface area contributed by atoms with Gasteiger partial charge in [-0.25, -0.2) is 8.42 Å². The van der Waals surface area contributed by atoms with Gasteiger partial charge in [0, 0.05) is 17.6 Å². The molecule has 3 aromatic carbocycles. The lowest BCUT2D eigenvalue weighted by molar-refractivity contribution is -0.139. The van der Waals surface area contributed by atoms with Crippen LogP contribution in [0.1, 0.15) is 38.3 Å². The van der Waals surface area contributed by atoms with Gasteiger partial charge in [-0.15, -0.1) is 0 Å². The molecule has 3 rings (SSSR count). The average molecular weight is 556 g/mol. The monoisotopic (exact) mass is 555 g/mol. The summed E-state index contributed by atoms with van der Waals surface area (Å²) < 4.78 is 28.6. The highest BCUT2D eigenvalue weighted by Crippen LogP contribution is 2.26. The molecule has 0 spiro atoms. The van der Waals surface area contributed by atoms with Crippen molar-refractivity contribution in [1.82, 2.24) is 10.2 Å². The number of rotatable bonds is 11. The number of anilines is 1. The van der Waals surface area contributed by atoms with Crippen molar-refractivity contribution in [2.75, 3.05) is 10.8 Å². The van der Waals surface area contributed by atoms with Crippen LogP contribution in [0.2, 0.25) is 5.02 Å². The molecule has 7 nitrogen and oxygen atoms in total. The van der Waals surface area contributed by atoms with Crippen LogP contribution in [-0.4, -0.2) is 43.8 Å². The molecule has 1 N–H and O–H groups in total. The minimum Gasteiger partial charge on any atom is -0.352 e. The first-order chi connectivity index (χ1) is 18.0. The van der Waals surface area contributed by atoms with E-state index in [0.717, 1.165) is 16.3 Å². The normalized spacial score (nSPS) is 12.9. The summed E-state index contributed by atoms with van der Waals surface area (Å²) in [5.41, 5.74) is 1.85. The van der Waals surface area contributed by atoms with Gasteiger partial charge in [0.2, 0.25) is 11.8 Å². The zero-order chi connectivity index (χ0) is 27.9. The molecule has 0 bridgehead atoms. The second-order valence-corrected chi connectivity index (χ2v) is 11.5. The average Bonchev–Trinajstić information content (AvgIpc) is 2.91. The summed E-state index contributed by atoms with van der Waals surface area (Å²) in [6.07, 6.45) is 0.730. The molecule has 2 unspecified atom stereocenters. The van der Waals surface area contributed by atoms with E-state index in [2.05, 4.69) is 5.32 Å². The summed E-state index contributed by atoms with van der Waals surface area (Å²) in [7, 11) is -4.09. The van der Waals surface area contributed by atoms with Crippen LogP contribution in [0.25, 0.3) is 0 Å². The molecule has 0 aliphatic heterocycles. The third kappa shape index (κ3) is 7.14. The molecule has 3 aromatic rings. The maximum absolute atomic E-state index is 13.9. The number of carbonyl (C=O) groups excluding carboxylic acids is 2. The lowest BCUT2D eigenvalue weighted by Crippen LogP contribution is -2.52. The van der Waals surface area contributed by atoms with Crippen molar-refractivity contribution < 1.29 is 18.0 Å². The molecule has 0 saturated carbocycles. The van der Waals surface area contributed by atoms with Crippen LogP contribution < -0.4 is 9.62 Å². The van der Waals surface area contributed by atoms with E-state index in [1.807, 2.05) is 26.8 Å². The van der Waals surface area contributed by atoms with E-state index in [4.69, 9.17) is 11.6 Å². The molecule has 0 saturated heterocycles. The van der Waals surface area contributed by atoms with Crippen LogP contribution in [0.5, 0.6) is 0 Å². The number of nitrogens with zero attached hydrogens (tertiary/aromatic N) is 2. The van der Waals surface area contributed by atoms with Crippen molar-refractivity contribution in [3.8, 4) is 0 Å². The Balaban J connectivity index is 2.03. The van der Waals surface area contributed by atoms with Crippen LogP contribution in [0.4, 0.5) is 5.69 Å². The molecule has 0 fully saturated rings. The first kappa shape index (κ1) is 29.2. The van der Waals surface area contributed by atoms with Gasteiger partial charge in [0.05, 0.1) is 10.6 Å². The van der Waals surface area contributed by atoms with Crippen LogP contribution in [0, 0.1) is 6.92 Å². The summed E-state index contributed by atoms with van der Waals surface area (Å²) in [6.45, 7) is 6.87. The predicted molar refractivity (Wildman–Crippen MR) is 152 cm³/mol. The van der Waals surface area contributed by atoms with Crippen molar-refractivity contribution >= 4 is 39.1 Å². The topological polar surface area (TPSA) is 86.8 Å². The van der Waals surface area contributed by atoms with Gasteiger partial charge < -0.3 is 10.2 Å². The van der Waals surface area contributed by atoms with Gasteiger partial charge in [0.25, 0.3) is 10.0 Å². The lowest BCUT2D eigenvalue weighted by atomic mass is 10.1. The Morgan fingerprint density at radius 1 is 0.947 bits per heavy atom. The first-order valence-electron chi connectivity index (χ1n) is 12.5. The molecule has 0 radical (unpaired) electrons. The first-order valence-corrected chi connectivity index (χ1v) is 14.3. The maximum Gasteiger partial charge on any atom is 0.264 e. The number of hydrogen-bond acceptors (Lipinski definition) is 4. The van der Waals surface area contributed by atoms with Gasteiger partial charge >= 0.3 is 0 Å². The Morgan fingerprint density at radius 2 is 1.61 bits per heavy atom. The summed E-state index contributed by atoms with van der Waals surface area (Å²) in [5, 5.41) is 3.37. The number of hydrogen-bond donors (Lipinski definition) is 1. The lowest BCUT2D eigenvalue weighted by Gasteiger charge is -2.32. The van der Waals surface area contributed by atoms with Crippen molar-refractivity contribution in [3.05, 3.63) is 95.0 Å². The number of benzene rings is 3.